The molecule has 6 rings (SSSR count). The number of benzene rings is 1. The first-order valence-corrected chi connectivity index (χ1v) is 13.4. The molecule has 1 aliphatic heterocycles. The van der Waals surface area contributed by atoms with Crippen LogP contribution >= 0.6 is 11.6 Å². The summed E-state index contributed by atoms with van der Waals surface area (Å²) < 4.78 is 5.70. The predicted molar refractivity (Wildman–Crippen MR) is 136 cm³/mol. The minimum atomic E-state index is -0.0253. The molecule has 186 valence electrons. The number of hydrogen-bond donors (Lipinski definition) is 1. The molecule has 0 radical (unpaired) electrons. The van der Waals surface area contributed by atoms with Crippen molar-refractivity contribution in [3.05, 3.63) is 35.4 Å². The van der Waals surface area contributed by atoms with Crippen LogP contribution in [-0.2, 0) is 9.59 Å². The normalized spacial score (nSPS) is 38.2. The maximum Gasteiger partial charge on any atom is 0.302 e. The number of likely N-dealkylation sites (N-methyl/N-ethyl adjacent to an activating group) is 1. The second-order valence-electron chi connectivity index (χ2n) is 11.8. The highest BCUT2D eigenvalue weighted by Crippen LogP contribution is 2.66. The number of nitrogens with zero attached hydrogens (tertiary/aromatic N) is 2. The van der Waals surface area contributed by atoms with Crippen LogP contribution in [-0.4, -0.2) is 34.8 Å². The highest BCUT2D eigenvalue weighted by molar-refractivity contribution is 6.31. The van der Waals surface area contributed by atoms with Gasteiger partial charge in [0.05, 0.1) is 0 Å². The van der Waals surface area contributed by atoms with Gasteiger partial charge in [-0.25, -0.2) is 0 Å². The van der Waals surface area contributed by atoms with Crippen molar-refractivity contribution in [3.8, 4) is 0 Å². The third-order valence-electron chi connectivity index (χ3n) is 10.4. The minimum Gasteiger partial charge on any atom is -0.423 e. The summed E-state index contributed by atoms with van der Waals surface area (Å²) in [7, 11) is 1.97. The molecule has 0 saturated heterocycles. The molecule has 0 spiro atoms. The summed E-state index contributed by atoms with van der Waals surface area (Å²) in [6.07, 6.45) is 11.4. The Hall–Kier alpha value is -2.34. The Kier molecular flexibility index (Phi) is 5.33. The molecule has 2 heterocycles. The van der Waals surface area contributed by atoms with E-state index < -0.39 is 0 Å². The second kappa shape index (κ2) is 8.09. The van der Waals surface area contributed by atoms with Crippen LogP contribution in [0.5, 0.6) is 0 Å². The van der Waals surface area contributed by atoms with Crippen molar-refractivity contribution in [2.45, 2.75) is 64.8 Å². The first-order valence-electron chi connectivity index (χ1n) is 13.0. The minimum absolute atomic E-state index is 0.0253. The lowest BCUT2D eigenvalue weighted by molar-refractivity contribution is -0.139. The summed E-state index contributed by atoms with van der Waals surface area (Å²) in [6, 6.07) is 5.81. The third kappa shape index (κ3) is 3.54. The van der Waals surface area contributed by atoms with Gasteiger partial charge in [0.15, 0.2) is 5.58 Å². The fourth-order valence-corrected chi connectivity index (χ4v) is 8.70. The zero-order valence-corrected chi connectivity index (χ0v) is 21.5. The smallest absolute Gasteiger partial charge is 0.302 e. The molecule has 3 saturated carbocycles. The molecule has 1 aromatic carbocycles. The van der Waals surface area contributed by atoms with E-state index in [2.05, 4.69) is 30.2 Å². The SMILES string of the molecule is CN1C(=O)C=C[C@]2(C)[C@H]3CC[C@]4(C)[C@@H](CC(=O)Nc5nc6cc(Cl)ccc6o5)CC[C@H]4[C@@H]3CC[C@@H]12. The number of carbonyl (C=O) groups excluding carboxylic acids is 2. The van der Waals surface area contributed by atoms with Gasteiger partial charge in [0, 0.05) is 29.9 Å². The number of nitrogens with one attached hydrogen (secondary N) is 1. The highest BCUT2D eigenvalue weighted by atomic mass is 35.5. The van der Waals surface area contributed by atoms with Gasteiger partial charge in [-0.05, 0) is 91.9 Å². The van der Waals surface area contributed by atoms with E-state index in [1.54, 1.807) is 24.3 Å². The van der Waals surface area contributed by atoms with Crippen LogP contribution in [0.25, 0.3) is 11.1 Å². The number of aromatic nitrogens is 1. The monoisotopic (exact) mass is 495 g/mol. The predicted octanol–water partition coefficient (Wildman–Crippen LogP) is 6.07. The molecular formula is C28H34ClN3O3. The van der Waals surface area contributed by atoms with Gasteiger partial charge < -0.3 is 9.32 Å². The third-order valence-corrected chi connectivity index (χ3v) is 10.6. The van der Waals surface area contributed by atoms with Crippen molar-refractivity contribution >= 4 is 40.5 Å². The number of carbonyl (C=O) groups is 2. The number of anilines is 1. The van der Waals surface area contributed by atoms with Gasteiger partial charge in [-0.3, -0.25) is 14.9 Å². The Balaban J connectivity index is 1.17. The van der Waals surface area contributed by atoms with E-state index in [0.29, 0.717) is 52.3 Å². The van der Waals surface area contributed by atoms with E-state index in [0.717, 1.165) is 19.3 Å². The van der Waals surface area contributed by atoms with Crippen LogP contribution in [0, 0.1) is 34.5 Å². The Bertz CT molecular complexity index is 1220. The highest BCUT2D eigenvalue weighted by Gasteiger charge is 2.60. The first kappa shape index (κ1) is 23.1. The van der Waals surface area contributed by atoms with Gasteiger partial charge in [0.1, 0.15) is 5.52 Å². The number of rotatable bonds is 3. The first-order chi connectivity index (χ1) is 16.7. The van der Waals surface area contributed by atoms with Crippen molar-refractivity contribution < 1.29 is 14.0 Å². The summed E-state index contributed by atoms with van der Waals surface area (Å²) in [5, 5.41) is 3.48. The average Bonchev–Trinajstić information content (AvgIpc) is 3.36. The lowest BCUT2D eigenvalue weighted by atomic mass is 9.47. The number of hydrogen-bond acceptors (Lipinski definition) is 4. The standard InChI is InChI=1S/C28H34ClN3O3/c1-27-12-10-20-18(6-9-23-28(20,2)13-11-25(34)32(23)3)19(27)7-4-16(27)14-24(33)31-26-30-21-15-17(29)5-8-22(21)35-26/h5,8,11,13,15-16,18-20,23H,4,6-7,9-10,12,14H2,1-3H3,(H,30,31,33)/t16-,18+,19+,20+,23-,27-,28-/m1/s1. The van der Waals surface area contributed by atoms with Crippen molar-refractivity contribution in [3.63, 3.8) is 0 Å². The topological polar surface area (TPSA) is 75.4 Å². The Morgan fingerprint density at radius 2 is 2.03 bits per heavy atom. The van der Waals surface area contributed by atoms with Crippen molar-refractivity contribution in [1.29, 1.82) is 0 Å². The lowest BCUT2D eigenvalue weighted by Gasteiger charge is -2.60. The van der Waals surface area contributed by atoms with Crippen molar-refractivity contribution in [1.82, 2.24) is 9.88 Å². The van der Waals surface area contributed by atoms with Crippen LogP contribution < -0.4 is 5.32 Å². The number of halogens is 1. The van der Waals surface area contributed by atoms with Crippen LogP contribution in [0.1, 0.15) is 58.8 Å². The van der Waals surface area contributed by atoms with E-state index in [9.17, 15) is 9.59 Å². The molecule has 3 fully saturated rings. The molecule has 1 N–H and O–H groups in total. The Labute approximate surface area is 211 Å². The zero-order valence-electron chi connectivity index (χ0n) is 20.7. The van der Waals surface area contributed by atoms with E-state index in [1.807, 2.05) is 11.9 Å². The Morgan fingerprint density at radius 3 is 2.86 bits per heavy atom. The number of amides is 2. The fourth-order valence-electron chi connectivity index (χ4n) is 8.53. The van der Waals surface area contributed by atoms with Gasteiger partial charge >= 0.3 is 6.01 Å². The molecule has 6 nitrogen and oxygen atoms in total. The van der Waals surface area contributed by atoms with E-state index in [-0.39, 0.29) is 28.7 Å². The van der Waals surface area contributed by atoms with Crippen LogP contribution in [0.2, 0.25) is 5.02 Å². The number of fused-ring (bicyclic) bond motifs is 6. The van der Waals surface area contributed by atoms with Gasteiger partial charge in [-0.1, -0.05) is 31.5 Å². The van der Waals surface area contributed by atoms with Crippen LogP contribution in [0.3, 0.4) is 0 Å². The zero-order chi connectivity index (χ0) is 24.5. The fraction of sp³-hybridized carbons (Fsp3) is 0.607. The molecular weight excluding hydrogens is 462 g/mol. The Morgan fingerprint density at radius 1 is 1.20 bits per heavy atom. The summed E-state index contributed by atoms with van der Waals surface area (Å²) in [5.41, 5.74) is 1.49. The molecule has 1 aromatic heterocycles. The molecule has 0 bridgehead atoms. The molecule has 7 atom stereocenters. The molecule has 7 heteroatoms. The quantitative estimate of drug-likeness (QED) is 0.561. The van der Waals surface area contributed by atoms with Crippen molar-refractivity contribution in [2.75, 3.05) is 12.4 Å². The van der Waals surface area contributed by atoms with Gasteiger partial charge in [0.25, 0.3) is 0 Å². The van der Waals surface area contributed by atoms with Crippen LogP contribution in [0.4, 0.5) is 6.01 Å². The van der Waals surface area contributed by atoms with E-state index in [4.69, 9.17) is 16.0 Å². The summed E-state index contributed by atoms with van der Waals surface area (Å²) in [4.78, 5) is 31.7. The van der Waals surface area contributed by atoms with Gasteiger partial charge in [-0.15, -0.1) is 0 Å². The molecule has 4 aliphatic rings. The molecule has 35 heavy (non-hydrogen) atoms. The molecule has 3 aliphatic carbocycles. The van der Waals surface area contributed by atoms with Crippen molar-refractivity contribution in [2.24, 2.45) is 34.5 Å². The van der Waals surface area contributed by atoms with Gasteiger partial charge in [0.2, 0.25) is 11.8 Å². The summed E-state index contributed by atoms with van der Waals surface area (Å²) in [6.45, 7) is 4.81. The molecule has 0 unspecified atom stereocenters. The maximum absolute atomic E-state index is 13.0. The maximum atomic E-state index is 13.0. The van der Waals surface area contributed by atoms with Crippen LogP contribution in [0.15, 0.2) is 34.8 Å². The summed E-state index contributed by atoms with van der Waals surface area (Å²) in [5.74, 6) is 2.38. The lowest BCUT2D eigenvalue weighted by Crippen LogP contribution is -2.59. The summed E-state index contributed by atoms with van der Waals surface area (Å²) >= 11 is 6.05. The van der Waals surface area contributed by atoms with E-state index >= 15 is 0 Å². The largest absolute Gasteiger partial charge is 0.423 e. The average molecular weight is 496 g/mol. The van der Waals surface area contributed by atoms with Gasteiger partial charge in [-0.2, -0.15) is 4.98 Å². The molecule has 2 amide bonds. The van der Waals surface area contributed by atoms with E-state index in [1.165, 1.54) is 19.3 Å². The number of oxazole rings is 1. The second-order valence-corrected chi connectivity index (χ2v) is 12.3. The molecule has 2 aromatic rings.